The van der Waals surface area contributed by atoms with E-state index in [4.69, 9.17) is 4.74 Å². The third kappa shape index (κ3) is 1.96. The SMILES string of the molecule is C=CCC1CCC2(CCCCC2)O1. The quantitative estimate of drug-likeness (QED) is 0.591. The molecular formula is C12H20O. The minimum Gasteiger partial charge on any atom is -0.371 e. The fourth-order valence-electron chi connectivity index (χ4n) is 2.81. The number of hydrogen-bond donors (Lipinski definition) is 0. The molecule has 1 heteroatoms. The lowest BCUT2D eigenvalue weighted by Gasteiger charge is -2.33. The number of hydrogen-bond acceptors (Lipinski definition) is 1. The Labute approximate surface area is 81.2 Å². The van der Waals surface area contributed by atoms with Gasteiger partial charge in [-0.15, -0.1) is 6.58 Å². The first-order valence-corrected chi connectivity index (χ1v) is 5.63. The molecule has 2 fully saturated rings. The maximum absolute atomic E-state index is 6.16. The van der Waals surface area contributed by atoms with Gasteiger partial charge in [-0.05, 0) is 32.1 Å². The Kier molecular flexibility index (Phi) is 2.73. The molecule has 0 amide bonds. The van der Waals surface area contributed by atoms with Crippen molar-refractivity contribution in [1.82, 2.24) is 0 Å². The van der Waals surface area contributed by atoms with Gasteiger partial charge in [-0.25, -0.2) is 0 Å². The second-order valence-corrected chi connectivity index (χ2v) is 4.55. The zero-order chi connectivity index (χ0) is 9.15. The summed E-state index contributed by atoms with van der Waals surface area (Å²) in [5.41, 5.74) is 0.298. The molecule has 1 saturated carbocycles. The fraction of sp³-hybridized carbons (Fsp3) is 0.833. The molecule has 0 N–H and O–H groups in total. The summed E-state index contributed by atoms with van der Waals surface area (Å²) in [5, 5.41) is 0. The van der Waals surface area contributed by atoms with Gasteiger partial charge in [0.1, 0.15) is 0 Å². The topological polar surface area (TPSA) is 9.23 Å². The number of ether oxygens (including phenoxy) is 1. The van der Waals surface area contributed by atoms with Crippen LogP contribution in [-0.4, -0.2) is 11.7 Å². The Balaban J connectivity index is 1.90. The van der Waals surface area contributed by atoms with Gasteiger partial charge in [0.2, 0.25) is 0 Å². The highest BCUT2D eigenvalue weighted by Gasteiger charge is 2.39. The first kappa shape index (κ1) is 9.26. The van der Waals surface area contributed by atoms with Crippen LogP contribution in [0.5, 0.6) is 0 Å². The van der Waals surface area contributed by atoms with E-state index in [0.717, 1.165) is 6.42 Å². The van der Waals surface area contributed by atoms with E-state index >= 15 is 0 Å². The number of rotatable bonds is 2. The molecule has 2 aliphatic rings. The fourth-order valence-corrected chi connectivity index (χ4v) is 2.81. The van der Waals surface area contributed by atoms with Crippen molar-refractivity contribution >= 4 is 0 Å². The lowest BCUT2D eigenvalue weighted by atomic mass is 9.83. The Hall–Kier alpha value is -0.300. The summed E-state index contributed by atoms with van der Waals surface area (Å²) in [6.07, 6.45) is 12.8. The van der Waals surface area contributed by atoms with E-state index in [9.17, 15) is 0 Å². The van der Waals surface area contributed by atoms with Gasteiger partial charge in [0.15, 0.2) is 0 Å². The van der Waals surface area contributed by atoms with Crippen LogP contribution >= 0.6 is 0 Å². The van der Waals surface area contributed by atoms with E-state index < -0.39 is 0 Å². The molecule has 0 aromatic rings. The molecule has 0 radical (unpaired) electrons. The Morgan fingerprint density at radius 1 is 1.23 bits per heavy atom. The van der Waals surface area contributed by atoms with Crippen LogP contribution in [0.25, 0.3) is 0 Å². The Bertz CT molecular complexity index is 180. The average Bonchev–Trinajstić information content (AvgIpc) is 2.51. The van der Waals surface area contributed by atoms with Crippen molar-refractivity contribution in [1.29, 1.82) is 0 Å². The van der Waals surface area contributed by atoms with Crippen LogP contribution in [-0.2, 0) is 4.74 Å². The molecule has 0 aromatic carbocycles. The average molecular weight is 180 g/mol. The van der Waals surface area contributed by atoms with E-state index in [1.54, 1.807) is 0 Å². The molecule has 1 nitrogen and oxygen atoms in total. The molecule has 2 rings (SSSR count). The minimum absolute atomic E-state index is 0.298. The van der Waals surface area contributed by atoms with E-state index in [1.807, 2.05) is 6.08 Å². The molecule has 74 valence electrons. The molecule has 1 atom stereocenters. The second-order valence-electron chi connectivity index (χ2n) is 4.55. The van der Waals surface area contributed by atoms with Crippen LogP contribution in [0.2, 0.25) is 0 Å². The van der Waals surface area contributed by atoms with Crippen molar-refractivity contribution in [2.45, 2.75) is 63.1 Å². The van der Waals surface area contributed by atoms with Crippen LogP contribution in [0.3, 0.4) is 0 Å². The van der Waals surface area contributed by atoms with Gasteiger partial charge in [-0.1, -0.05) is 25.3 Å². The zero-order valence-electron chi connectivity index (χ0n) is 8.43. The van der Waals surface area contributed by atoms with Crippen LogP contribution < -0.4 is 0 Å². The highest BCUT2D eigenvalue weighted by molar-refractivity contribution is 4.92. The van der Waals surface area contributed by atoms with E-state index in [0.29, 0.717) is 11.7 Å². The summed E-state index contributed by atoms with van der Waals surface area (Å²) < 4.78 is 6.16. The van der Waals surface area contributed by atoms with Crippen molar-refractivity contribution in [3.63, 3.8) is 0 Å². The molecular weight excluding hydrogens is 160 g/mol. The monoisotopic (exact) mass is 180 g/mol. The van der Waals surface area contributed by atoms with Gasteiger partial charge in [-0.3, -0.25) is 0 Å². The second kappa shape index (κ2) is 3.83. The summed E-state index contributed by atoms with van der Waals surface area (Å²) >= 11 is 0. The van der Waals surface area contributed by atoms with Crippen LogP contribution in [0.15, 0.2) is 12.7 Å². The van der Waals surface area contributed by atoms with Crippen molar-refractivity contribution in [2.75, 3.05) is 0 Å². The first-order valence-electron chi connectivity index (χ1n) is 5.63. The predicted molar refractivity (Wildman–Crippen MR) is 54.7 cm³/mol. The van der Waals surface area contributed by atoms with Gasteiger partial charge < -0.3 is 4.74 Å². The van der Waals surface area contributed by atoms with Gasteiger partial charge in [0.05, 0.1) is 11.7 Å². The highest BCUT2D eigenvalue weighted by atomic mass is 16.5. The molecule has 1 aliphatic heterocycles. The molecule has 1 spiro atoms. The third-order valence-electron chi connectivity index (χ3n) is 3.53. The zero-order valence-corrected chi connectivity index (χ0v) is 8.43. The molecule has 0 bridgehead atoms. The van der Waals surface area contributed by atoms with E-state index in [1.165, 1.54) is 44.9 Å². The minimum atomic E-state index is 0.298. The first-order chi connectivity index (χ1) is 6.35. The van der Waals surface area contributed by atoms with Crippen LogP contribution in [0.1, 0.15) is 51.4 Å². The van der Waals surface area contributed by atoms with Gasteiger partial charge in [-0.2, -0.15) is 0 Å². The largest absolute Gasteiger partial charge is 0.371 e. The molecule has 13 heavy (non-hydrogen) atoms. The van der Waals surface area contributed by atoms with Crippen LogP contribution in [0.4, 0.5) is 0 Å². The molecule has 1 saturated heterocycles. The normalized spacial score (nSPS) is 32.2. The third-order valence-corrected chi connectivity index (χ3v) is 3.53. The lowest BCUT2D eigenvalue weighted by Crippen LogP contribution is -2.31. The smallest absolute Gasteiger partial charge is 0.0687 e. The van der Waals surface area contributed by atoms with Crippen molar-refractivity contribution in [2.24, 2.45) is 0 Å². The summed E-state index contributed by atoms with van der Waals surface area (Å²) in [4.78, 5) is 0. The Morgan fingerprint density at radius 2 is 2.00 bits per heavy atom. The molecule has 1 heterocycles. The van der Waals surface area contributed by atoms with Gasteiger partial charge in [0, 0.05) is 0 Å². The summed E-state index contributed by atoms with van der Waals surface area (Å²) in [5.74, 6) is 0. The van der Waals surface area contributed by atoms with Crippen molar-refractivity contribution in [3.8, 4) is 0 Å². The summed E-state index contributed by atoms with van der Waals surface area (Å²) in [6, 6.07) is 0. The predicted octanol–water partition coefficient (Wildman–Crippen LogP) is 3.44. The van der Waals surface area contributed by atoms with E-state index in [2.05, 4.69) is 6.58 Å². The van der Waals surface area contributed by atoms with E-state index in [-0.39, 0.29) is 0 Å². The molecule has 1 aliphatic carbocycles. The standard InChI is InChI=1S/C12H20O/c1-2-6-11-7-10-12(13-11)8-4-3-5-9-12/h2,11H,1,3-10H2. The Morgan fingerprint density at radius 3 is 2.69 bits per heavy atom. The maximum atomic E-state index is 6.16. The lowest BCUT2D eigenvalue weighted by molar-refractivity contribution is -0.0620. The maximum Gasteiger partial charge on any atom is 0.0687 e. The van der Waals surface area contributed by atoms with Crippen molar-refractivity contribution in [3.05, 3.63) is 12.7 Å². The van der Waals surface area contributed by atoms with Gasteiger partial charge >= 0.3 is 0 Å². The van der Waals surface area contributed by atoms with Crippen molar-refractivity contribution < 1.29 is 4.74 Å². The summed E-state index contributed by atoms with van der Waals surface area (Å²) in [7, 11) is 0. The molecule has 1 unspecified atom stereocenters. The highest BCUT2D eigenvalue weighted by Crippen LogP contribution is 2.42. The summed E-state index contributed by atoms with van der Waals surface area (Å²) in [6.45, 7) is 3.78. The van der Waals surface area contributed by atoms with Gasteiger partial charge in [0.25, 0.3) is 0 Å². The molecule has 0 aromatic heterocycles. The van der Waals surface area contributed by atoms with Crippen LogP contribution in [0, 0.1) is 0 Å².